The Labute approximate surface area is 102 Å². The summed E-state index contributed by atoms with van der Waals surface area (Å²) in [7, 11) is 0. The molecule has 2 amide bonds. The Morgan fingerprint density at radius 1 is 1.41 bits per heavy atom. The van der Waals surface area contributed by atoms with Gasteiger partial charge in [-0.1, -0.05) is 20.8 Å². The molecule has 1 fully saturated rings. The summed E-state index contributed by atoms with van der Waals surface area (Å²) in [5.74, 6) is 0.504. The van der Waals surface area contributed by atoms with Crippen molar-refractivity contribution in [3.05, 3.63) is 0 Å². The minimum Gasteiger partial charge on any atom is -0.480 e. The summed E-state index contributed by atoms with van der Waals surface area (Å²) >= 11 is 0. The maximum absolute atomic E-state index is 11.5. The lowest BCUT2D eigenvalue weighted by atomic mass is 10.0. The molecule has 5 nitrogen and oxygen atoms in total. The first-order chi connectivity index (χ1) is 7.90. The highest BCUT2D eigenvalue weighted by Crippen LogP contribution is 2.36. The molecule has 1 rings (SSSR count). The molecule has 1 aliphatic rings. The molecule has 0 bridgehead atoms. The van der Waals surface area contributed by atoms with Gasteiger partial charge in [-0.15, -0.1) is 0 Å². The number of carboxylic acid groups (broad SMARTS) is 1. The van der Waals surface area contributed by atoms with Crippen LogP contribution in [0, 0.1) is 17.8 Å². The predicted molar refractivity (Wildman–Crippen MR) is 64.7 cm³/mol. The van der Waals surface area contributed by atoms with Gasteiger partial charge >= 0.3 is 12.0 Å². The van der Waals surface area contributed by atoms with E-state index >= 15 is 0 Å². The number of nitrogens with one attached hydrogen (secondary N) is 2. The summed E-state index contributed by atoms with van der Waals surface area (Å²) in [4.78, 5) is 22.4. The molecular weight excluding hydrogens is 220 g/mol. The highest BCUT2D eigenvalue weighted by Gasteiger charge is 2.32. The van der Waals surface area contributed by atoms with Gasteiger partial charge in [-0.2, -0.15) is 0 Å². The highest BCUT2D eigenvalue weighted by molar-refractivity contribution is 5.82. The quantitative estimate of drug-likeness (QED) is 0.659. The number of urea groups is 1. The van der Waals surface area contributed by atoms with Crippen LogP contribution in [0.5, 0.6) is 0 Å². The van der Waals surface area contributed by atoms with Crippen LogP contribution in [-0.4, -0.2) is 29.7 Å². The summed E-state index contributed by atoms with van der Waals surface area (Å²) in [6, 6.07) is -1.18. The number of hydrogen-bond acceptors (Lipinski definition) is 2. The molecule has 0 saturated heterocycles. The van der Waals surface area contributed by atoms with Crippen molar-refractivity contribution < 1.29 is 14.7 Å². The topological polar surface area (TPSA) is 78.4 Å². The molecule has 0 aromatic rings. The van der Waals surface area contributed by atoms with Crippen molar-refractivity contribution in [2.24, 2.45) is 17.8 Å². The van der Waals surface area contributed by atoms with Crippen molar-refractivity contribution in [1.82, 2.24) is 10.6 Å². The van der Waals surface area contributed by atoms with Crippen molar-refractivity contribution in [2.45, 2.75) is 39.7 Å². The predicted octanol–water partition coefficient (Wildman–Crippen LogP) is 1.44. The van der Waals surface area contributed by atoms with Crippen LogP contribution in [0.2, 0.25) is 0 Å². The fourth-order valence-electron chi connectivity index (χ4n) is 1.81. The molecule has 1 aliphatic carbocycles. The minimum atomic E-state index is -0.978. The monoisotopic (exact) mass is 242 g/mol. The summed E-state index contributed by atoms with van der Waals surface area (Å²) in [5.41, 5.74) is 0. The molecule has 0 heterocycles. The summed E-state index contributed by atoms with van der Waals surface area (Å²) < 4.78 is 0. The van der Waals surface area contributed by atoms with Gasteiger partial charge in [0.25, 0.3) is 0 Å². The number of carboxylic acids is 1. The highest BCUT2D eigenvalue weighted by atomic mass is 16.4. The van der Waals surface area contributed by atoms with Crippen LogP contribution in [0.3, 0.4) is 0 Å². The van der Waals surface area contributed by atoms with Gasteiger partial charge in [0.05, 0.1) is 0 Å². The fraction of sp³-hybridized carbons (Fsp3) is 0.833. The Kier molecular flexibility index (Phi) is 4.78. The number of hydrogen-bond donors (Lipinski definition) is 3. The molecule has 0 aliphatic heterocycles. The van der Waals surface area contributed by atoms with E-state index in [1.165, 1.54) is 0 Å². The van der Waals surface area contributed by atoms with Crippen LogP contribution < -0.4 is 10.6 Å². The van der Waals surface area contributed by atoms with Crippen LogP contribution >= 0.6 is 0 Å². The molecule has 3 N–H and O–H groups in total. The molecule has 3 atom stereocenters. The van der Waals surface area contributed by atoms with E-state index in [4.69, 9.17) is 5.11 Å². The standard InChI is InChI=1S/C12H22N2O3/c1-7(2)4-10(11(15)16)14-12(17)13-6-9-5-8(9)3/h7-10H,4-6H2,1-3H3,(H,15,16)(H2,13,14,17). The smallest absolute Gasteiger partial charge is 0.326 e. The maximum atomic E-state index is 11.5. The van der Waals surface area contributed by atoms with Crippen molar-refractivity contribution in [1.29, 1.82) is 0 Å². The second-order valence-electron chi connectivity index (χ2n) is 5.35. The van der Waals surface area contributed by atoms with Crippen molar-refractivity contribution in [2.75, 3.05) is 6.54 Å². The van der Waals surface area contributed by atoms with Gasteiger partial charge in [0, 0.05) is 6.54 Å². The Morgan fingerprint density at radius 3 is 2.41 bits per heavy atom. The Morgan fingerprint density at radius 2 is 2.00 bits per heavy atom. The van der Waals surface area contributed by atoms with E-state index in [1.54, 1.807) is 0 Å². The zero-order valence-corrected chi connectivity index (χ0v) is 10.7. The van der Waals surface area contributed by atoms with E-state index in [0.717, 1.165) is 6.42 Å². The number of carbonyl (C=O) groups excluding carboxylic acids is 1. The van der Waals surface area contributed by atoms with E-state index in [9.17, 15) is 9.59 Å². The summed E-state index contributed by atoms with van der Waals surface area (Å²) in [5, 5.41) is 14.2. The largest absolute Gasteiger partial charge is 0.480 e. The molecule has 0 aromatic heterocycles. The first-order valence-corrected chi connectivity index (χ1v) is 6.17. The second kappa shape index (κ2) is 5.89. The Hall–Kier alpha value is -1.26. The third kappa shape index (κ3) is 5.06. The van der Waals surface area contributed by atoms with Crippen LogP contribution in [0.25, 0.3) is 0 Å². The van der Waals surface area contributed by atoms with E-state index in [2.05, 4.69) is 17.6 Å². The lowest BCUT2D eigenvalue weighted by Gasteiger charge is -2.16. The zero-order valence-electron chi connectivity index (χ0n) is 10.7. The summed E-state index contributed by atoms with van der Waals surface area (Å²) in [6.45, 7) is 6.65. The molecule has 98 valence electrons. The van der Waals surface area contributed by atoms with Gasteiger partial charge in [0.2, 0.25) is 0 Å². The van der Waals surface area contributed by atoms with Gasteiger partial charge in [0.1, 0.15) is 6.04 Å². The first kappa shape index (κ1) is 13.8. The van der Waals surface area contributed by atoms with Gasteiger partial charge < -0.3 is 15.7 Å². The second-order valence-corrected chi connectivity index (χ2v) is 5.35. The average Bonchev–Trinajstić information content (AvgIpc) is 2.90. The lowest BCUT2D eigenvalue weighted by molar-refractivity contribution is -0.139. The minimum absolute atomic E-state index is 0.236. The van der Waals surface area contributed by atoms with Crippen molar-refractivity contribution >= 4 is 12.0 Å². The molecule has 1 saturated carbocycles. The third-order valence-electron chi connectivity index (χ3n) is 3.11. The SMILES string of the molecule is CC(C)CC(NC(=O)NCC1CC1C)C(=O)O. The van der Waals surface area contributed by atoms with Crippen LogP contribution in [-0.2, 0) is 4.79 Å². The fourth-order valence-corrected chi connectivity index (χ4v) is 1.81. The van der Waals surface area contributed by atoms with Crippen LogP contribution in [0.4, 0.5) is 4.79 Å². The molecule has 0 radical (unpaired) electrons. The number of rotatable bonds is 6. The van der Waals surface area contributed by atoms with Crippen LogP contribution in [0.15, 0.2) is 0 Å². The number of aliphatic carboxylic acids is 1. The molecular formula is C12H22N2O3. The number of carbonyl (C=O) groups is 2. The van der Waals surface area contributed by atoms with Crippen molar-refractivity contribution in [3.8, 4) is 0 Å². The number of amides is 2. The molecule has 0 aromatic carbocycles. The normalized spacial score (nSPS) is 24.2. The van der Waals surface area contributed by atoms with E-state index in [-0.39, 0.29) is 11.9 Å². The first-order valence-electron chi connectivity index (χ1n) is 6.17. The molecule has 3 unspecified atom stereocenters. The zero-order chi connectivity index (χ0) is 13.0. The summed E-state index contributed by atoms with van der Waals surface area (Å²) in [6.07, 6.45) is 1.59. The van der Waals surface area contributed by atoms with E-state index < -0.39 is 12.0 Å². The van der Waals surface area contributed by atoms with E-state index in [1.807, 2.05) is 13.8 Å². The third-order valence-corrected chi connectivity index (χ3v) is 3.11. The Balaban J connectivity index is 2.27. The average molecular weight is 242 g/mol. The molecule has 0 spiro atoms. The van der Waals surface area contributed by atoms with Gasteiger partial charge in [-0.3, -0.25) is 0 Å². The van der Waals surface area contributed by atoms with Gasteiger partial charge in [0.15, 0.2) is 0 Å². The lowest BCUT2D eigenvalue weighted by Crippen LogP contribution is -2.47. The molecule has 17 heavy (non-hydrogen) atoms. The van der Waals surface area contributed by atoms with Gasteiger partial charge in [-0.05, 0) is 30.6 Å². The molecule has 5 heteroatoms. The van der Waals surface area contributed by atoms with Crippen molar-refractivity contribution in [3.63, 3.8) is 0 Å². The Bertz CT molecular complexity index is 291. The van der Waals surface area contributed by atoms with Gasteiger partial charge in [-0.25, -0.2) is 9.59 Å². The van der Waals surface area contributed by atoms with E-state index in [0.29, 0.717) is 24.8 Å². The van der Waals surface area contributed by atoms with Crippen LogP contribution in [0.1, 0.15) is 33.6 Å². The maximum Gasteiger partial charge on any atom is 0.326 e.